The summed E-state index contributed by atoms with van der Waals surface area (Å²) in [5, 5.41) is 11.5. The molecular weight excluding hydrogens is 871 g/mol. The van der Waals surface area contributed by atoms with E-state index in [1.54, 1.807) is 0 Å². The standard InChI is InChI=1S/C33H33.C21H12Cl2.C5H5.Zr/c1-32(2,3)30-20-26-24(18-28(30)22-13-9-7-10-14-22)17-25-19-29(23-15-11-8-12-16-23)31(21-27(25)26)33(4,5)6;22-20-11-9-14(16-5-1-3-7-18(16)20)13-15-10-12-21(23)19-8-4-2-6-17(15)19;1-2-4-5-3-1;/h7-21H,1-6H3;1-12H;1-5H;/q-1;;-1;+2. The Bertz CT molecular complexity index is 2940. The summed E-state index contributed by atoms with van der Waals surface area (Å²) in [5.41, 5.74) is 10.6. The first-order valence-corrected chi connectivity index (χ1v) is 23.2. The van der Waals surface area contributed by atoms with Crippen LogP contribution in [0.1, 0.15) is 63.8 Å². The van der Waals surface area contributed by atoms with E-state index < -0.39 is 0 Å². The quantitative estimate of drug-likeness (QED) is 0.154. The zero-order chi connectivity index (χ0) is 43.6. The van der Waals surface area contributed by atoms with Gasteiger partial charge in [0.15, 0.2) is 0 Å². The molecule has 0 aliphatic carbocycles. The van der Waals surface area contributed by atoms with Crippen LogP contribution in [0.5, 0.6) is 0 Å². The Kier molecular flexibility index (Phi) is 12.8. The number of benzene rings is 8. The summed E-state index contributed by atoms with van der Waals surface area (Å²) in [5.74, 6) is 0. The average molecular weight is 921 g/mol. The molecule has 10 aromatic carbocycles. The maximum Gasteiger partial charge on any atom is -0.172 e. The minimum absolute atomic E-state index is 0.0554. The Morgan fingerprint density at radius 1 is 0.419 bits per heavy atom. The van der Waals surface area contributed by atoms with Crippen LogP contribution in [0.3, 0.4) is 0 Å². The molecular formula is C59H50Cl2Zr. The minimum Gasteiger partial charge on any atom is -0.214 e. The van der Waals surface area contributed by atoms with Crippen LogP contribution in [-0.2, 0) is 35.1 Å². The van der Waals surface area contributed by atoms with Crippen molar-refractivity contribution < 1.29 is 24.2 Å². The summed E-state index contributed by atoms with van der Waals surface area (Å²) in [7, 11) is 0. The van der Waals surface area contributed by atoms with Crippen LogP contribution in [0.25, 0.3) is 65.3 Å². The van der Waals surface area contributed by atoms with Crippen molar-refractivity contribution in [1.29, 1.82) is 0 Å². The van der Waals surface area contributed by atoms with Crippen LogP contribution in [0, 0.1) is 0 Å². The van der Waals surface area contributed by atoms with Crippen molar-refractivity contribution >= 4 is 69.5 Å². The maximum atomic E-state index is 6.38. The zero-order valence-corrected chi connectivity index (χ0v) is 40.2. The van der Waals surface area contributed by atoms with E-state index in [0.29, 0.717) is 0 Å². The normalized spacial score (nSPS) is 11.6. The van der Waals surface area contributed by atoms with Crippen molar-refractivity contribution in [2.75, 3.05) is 0 Å². The summed E-state index contributed by atoms with van der Waals surface area (Å²) in [6, 6.07) is 68.5. The molecule has 3 heteroatoms. The Balaban J connectivity index is 0.000000159. The van der Waals surface area contributed by atoms with Gasteiger partial charge in [0.25, 0.3) is 0 Å². The molecule has 0 aromatic heterocycles. The topological polar surface area (TPSA) is 0 Å². The Morgan fingerprint density at radius 3 is 1.15 bits per heavy atom. The molecule has 10 rings (SSSR count). The van der Waals surface area contributed by atoms with Crippen LogP contribution in [0.2, 0.25) is 10.0 Å². The van der Waals surface area contributed by atoms with E-state index in [1.807, 2.05) is 54.6 Å². The first kappa shape index (κ1) is 43.5. The number of hydrogen-bond donors (Lipinski definition) is 0. The number of hydrogen-bond acceptors (Lipinski definition) is 0. The Hall–Kier alpha value is -5.17. The predicted octanol–water partition coefficient (Wildman–Crippen LogP) is 17.5. The van der Waals surface area contributed by atoms with Crippen molar-refractivity contribution in [2.45, 2.75) is 52.4 Å². The van der Waals surface area contributed by atoms with Crippen LogP contribution >= 0.6 is 23.2 Å². The molecule has 0 saturated heterocycles. The molecule has 0 unspecified atom stereocenters. The smallest absolute Gasteiger partial charge is 0.172 e. The van der Waals surface area contributed by atoms with Gasteiger partial charge in [0.1, 0.15) is 0 Å². The molecule has 0 atom stereocenters. The van der Waals surface area contributed by atoms with Crippen LogP contribution in [-0.4, -0.2) is 3.21 Å². The van der Waals surface area contributed by atoms with Crippen molar-refractivity contribution in [3.8, 4) is 22.3 Å². The Morgan fingerprint density at radius 2 is 0.790 bits per heavy atom. The third-order valence-corrected chi connectivity index (χ3v) is 13.6. The van der Waals surface area contributed by atoms with Gasteiger partial charge in [0.05, 0.1) is 0 Å². The predicted molar refractivity (Wildman–Crippen MR) is 268 cm³/mol. The summed E-state index contributed by atoms with van der Waals surface area (Å²) in [6.45, 7) is 13.9. The van der Waals surface area contributed by atoms with Crippen LogP contribution in [0.15, 0.2) is 194 Å². The van der Waals surface area contributed by atoms with Crippen molar-refractivity contribution in [1.82, 2.24) is 0 Å². The summed E-state index contributed by atoms with van der Waals surface area (Å²) >= 11 is 14.1. The molecule has 62 heavy (non-hydrogen) atoms. The van der Waals surface area contributed by atoms with Gasteiger partial charge in [-0.15, -0.1) is 39.7 Å². The monoisotopic (exact) mass is 918 g/mol. The fraction of sp³-hybridized carbons (Fsp3) is 0.136. The van der Waals surface area contributed by atoms with Crippen LogP contribution in [0.4, 0.5) is 0 Å². The van der Waals surface area contributed by atoms with Gasteiger partial charge in [-0.1, -0.05) is 114 Å². The van der Waals surface area contributed by atoms with E-state index in [2.05, 4.69) is 181 Å². The van der Waals surface area contributed by atoms with Gasteiger partial charge < -0.3 is 0 Å². The van der Waals surface area contributed by atoms with E-state index in [-0.39, 0.29) is 10.8 Å². The van der Waals surface area contributed by atoms with Crippen molar-refractivity contribution in [3.05, 3.63) is 226 Å². The van der Waals surface area contributed by atoms with E-state index >= 15 is 0 Å². The van der Waals surface area contributed by atoms with Gasteiger partial charge in [-0.25, -0.2) is 12.1 Å². The Labute approximate surface area is 391 Å². The fourth-order valence-corrected chi connectivity index (χ4v) is 10.0. The molecule has 0 bridgehead atoms. The first-order chi connectivity index (χ1) is 29.8. The van der Waals surface area contributed by atoms with E-state index in [9.17, 15) is 0 Å². The molecule has 0 aliphatic heterocycles. The largest absolute Gasteiger partial charge is 0.214 e. The van der Waals surface area contributed by atoms with Gasteiger partial charge in [0.2, 0.25) is 0 Å². The third kappa shape index (κ3) is 9.14. The molecule has 0 spiro atoms. The molecule has 0 radical (unpaired) electrons. The fourth-order valence-electron chi connectivity index (χ4n) is 8.49. The van der Waals surface area contributed by atoms with E-state index in [0.717, 1.165) is 20.8 Å². The average Bonchev–Trinajstić information content (AvgIpc) is 3.98. The van der Waals surface area contributed by atoms with Gasteiger partial charge in [-0.2, -0.15) is 18.2 Å². The van der Waals surface area contributed by atoms with Crippen molar-refractivity contribution in [3.63, 3.8) is 0 Å². The molecule has 0 fully saturated rings. The van der Waals surface area contributed by atoms with Gasteiger partial charge >= 0.3 is 166 Å². The van der Waals surface area contributed by atoms with Gasteiger partial charge in [-0.05, 0) is 44.2 Å². The minimum atomic E-state index is 0.0554. The second-order valence-electron chi connectivity index (χ2n) is 18.0. The second kappa shape index (κ2) is 18.3. The summed E-state index contributed by atoms with van der Waals surface area (Å²) in [6.07, 6.45) is 0. The van der Waals surface area contributed by atoms with E-state index in [4.69, 9.17) is 23.2 Å². The molecule has 0 saturated carbocycles. The summed E-state index contributed by atoms with van der Waals surface area (Å²) in [4.78, 5) is 0. The van der Waals surface area contributed by atoms with E-state index in [1.165, 1.54) is 104 Å². The number of rotatable bonds is 4. The number of fused-ring (bicyclic) bond motifs is 5. The molecule has 304 valence electrons. The third-order valence-electron chi connectivity index (χ3n) is 11.6. The molecule has 0 amide bonds. The molecule has 0 aliphatic rings. The maximum absolute atomic E-state index is 6.38. The van der Waals surface area contributed by atoms with Gasteiger partial charge in [-0.3, -0.25) is 0 Å². The van der Waals surface area contributed by atoms with Crippen LogP contribution < -0.4 is 0 Å². The zero-order valence-electron chi connectivity index (χ0n) is 36.2. The molecule has 0 nitrogen and oxygen atoms in total. The number of halogens is 2. The first-order valence-electron chi connectivity index (χ1n) is 21.2. The molecule has 0 heterocycles. The SMILES string of the molecule is CC(C)(C)c1cc2c(cc1-c1ccccc1)[cH-]c1cc(-c3ccccc3)c(C(C)(C)C)cc12.Clc1ccc([C](=[Zr+2])c2ccc(Cl)c3ccccc23)c2ccccc12.c1cc[cH-]c1. The van der Waals surface area contributed by atoms with Crippen molar-refractivity contribution in [2.24, 2.45) is 0 Å². The second-order valence-corrected chi connectivity index (χ2v) is 20.0. The molecule has 10 aromatic rings. The summed E-state index contributed by atoms with van der Waals surface area (Å²) < 4.78 is 1.31. The van der Waals surface area contributed by atoms with Gasteiger partial charge in [0, 0.05) is 0 Å². The molecule has 0 N–H and O–H groups in total.